The summed E-state index contributed by atoms with van der Waals surface area (Å²) >= 11 is 0. The number of hydrogen-bond acceptors (Lipinski definition) is 6. The van der Waals surface area contributed by atoms with Crippen LogP contribution in [0.15, 0.2) is 23.0 Å². The zero-order valence-electron chi connectivity index (χ0n) is 13.5. The molecule has 3 heterocycles. The molecule has 1 aliphatic heterocycles. The third-order valence-electron chi connectivity index (χ3n) is 4.03. The Kier molecular flexibility index (Phi) is 4.64. The van der Waals surface area contributed by atoms with E-state index >= 15 is 0 Å². The van der Waals surface area contributed by atoms with Gasteiger partial charge < -0.3 is 9.32 Å². The quantitative estimate of drug-likeness (QED) is 0.841. The zero-order valence-corrected chi connectivity index (χ0v) is 13.5. The number of amides is 1. The molecule has 0 aliphatic carbocycles. The molecular formula is C16H21N5O2. The lowest BCUT2D eigenvalue weighted by Gasteiger charge is -2.23. The van der Waals surface area contributed by atoms with Gasteiger partial charge in [0.2, 0.25) is 17.7 Å². The van der Waals surface area contributed by atoms with Gasteiger partial charge in [0.15, 0.2) is 0 Å². The molecule has 122 valence electrons. The number of aromatic nitrogens is 4. The molecular weight excluding hydrogens is 294 g/mol. The van der Waals surface area contributed by atoms with Crippen molar-refractivity contribution in [3.8, 4) is 0 Å². The van der Waals surface area contributed by atoms with Crippen molar-refractivity contribution in [1.29, 1.82) is 0 Å². The molecule has 0 radical (unpaired) electrons. The molecule has 0 saturated carbocycles. The third-order valence-corrected chi connectivity index (χ3v) is 4.03. The van der Waals surface area contributed by atoms with Crippen molar-refractivity contribution in [2.75, 3.05) is 6.54 Å². The molecule has 3 rings (SSSR count). The minimum absolute atomic E-state index is 0.0325. The van der Waals surface area contributed by atoms with Crippen molar-refractivity contribution in [3.05, 3.63) is 36.1 Å². The Morgan fingerprint density at radius 2 is 2.26 bits per heavy atom. The van der Waals surface area contributed by atoms with Gasteiger partial charge in [0, 0.05) is 37.7 Å². The van der Waals surface area contributed by atoms with Gasteiger partial charge in [0.1, 0.15) is 0 Å². The van der Waals surface area contributed by atoms with E-state index < -0.39 is 0 Å². The maximum absolute atomic E-state index is 12.5. The van der Waals surface area contributed by atoms with E-state index in [0.717, 1.165) is 25.1 Å². The first kappa shape index (κ1) is 15.6. The fourth-order valence-corrected chi connectivity index (χ4v) is 2.81. The second kappa shape index (κ2) is 6.85. The van der Waals surface area contributed by atoms with Crippen LogP contribution in [0, 0.1) is 0 Å². The molecule has 0 unspecified atom stereocenters. The van der Waals surface area contributed by atoms with Gasteiger partial charge in [0.25, 0.3) is 0 Å². The van der Waals surface area contributed by atoms with E-state index in [-0.39, 0.29) is 17.9 Å². The molecule has 0 aromatic carbocycles. The van der Waals surface area contributed by atoms with E-state index in [4.69, 9.17) is 4.42 Å². The van der Waals surface area contributed by atoms with Gasteiger partial charge in [-0.15, -0.1) is 10.2 Å². The summed E-state index contributed by atoms with van der Waals surface area (Å²) in [4.78, 5) is 22.9. The molecule has 7 heteroatoms. The van der Waals surface area contributed by atoms with Crippen molar-refractivity contribution in [3.63, 3.8) is 0 Å². The molecule has 0 spiro atoms. The molecule has 1 aliphatic rings. The largest absolute Gasteiger partial charge is 0.425 e. The zero-order chi connectivity index (χ0) is 16.2. The monoisotopic (exact) mass is 315 g/mol. The van der Waals surface area contributed by atoms with Crippen LogP contribution in [-0.4, -0.2) is 37.5 Å². The average molecular weight is 315 g/mol. The first-order valence-corrected chi connectivity index (χ1v) is 8.03. The molecule has 0 bridgehead atoms. The van der Waals surface area contributed by atoms with E-state index in [9.17, 15) is 4.79 Å². The van der Waals surface area contributed by atoms with Crippen LogP contribution >= 0.6 is 0 Å². The Labute approximate surface area is 135 Å². The van der Waals surface area contributed by atoms with Crippen LogP contribution in [0.4, 0.5) is 0 Å². The van der Waals surface area contributed by atoms with Crippen LogP contribution in [0.25, 0.3) is 0 Å². The number of nitrogens with zero attached hydrogens (tertiary/aromatic N) is 5. The number of rotatable bonds is 5. The summed E-state index contributed by atoms with van der Waals surface area (Å²) in [5.74, 6) is 1.44. The highest BCUT2D eigenvalue weighted by Crippen LogP contribution is 2.30. The average Bonchev–Trinajstić information content (AvgIpc) is 3.23. The summed E-state index contributed by atoms with van der Waals surface area (Å²) in [6.07, 6.45) is 7.82. The van der Waals surface area contributed by atoms with Gasteiger partial charge in [0.05, 0.1) is 17.9 Å². The van der Waals surface area contributed by atoms with Crippen LogP contribution < -0.4 is 0 Å². The SMILES string of the molecule is CC(C)c1nnc(CCC(=O)N2CCC[C@H]2c2cnccn2)o1. The maximum Gasteiger partial charge on any atom is 0.223 e. The van der Waals surface area contributed by atoms with E-state index in [1.54, 1.807) is 18.6 Å². The predicted octanol–water partition coefficient (Wildman–Crippen LogP) is 2.28. The minimum Gasteiger partial charge on any atom is -0.425 e. The lowest BCUT2D eigenvalue weighted by atomic mass is 10.1. The van der Waals surface area contributed by atoms with Crippen LogP contribution in [0.3, 0.4) is 0 Å². The molecule has 1 saturated heterocycles. The Bertz CT molecular complexity index is 656. The highest BCUT2D eigenvalue weighted by Gasteiger charge is 2.30. The van der Waals surface area contributed by atoms with Crippen LogP contribution in [0.5, 0.6) is 0 Å². The highest BCUT2D eigenvalue weighted by atomic mass is 16.4. The van der Waals surface area contributed by atoms with Gasteiger partial charge in [-0.3, -0.25) is 14.8 Å². The van der Waals surface area contributed by atoms with Crippen molar-refractivity contribution in [2.24, 2.45) is 0 Å². The van der Waals surface area contributed by atoms with Crippen molar-refractivity contribution in [2.45, 2.75) is 51.5 Å². The summed E-state index contributed by atoms with van der Waals surface area (Å²) in [7, 11) is 0. The first-order valence-electron chi connectivity index (χ1n) is 8.03. The molecule has 2 aromatic heterocycles. The fraction of sp³-hybridized carbons (Fsp3) is 0.562. The van der Waals surface area contributed by atoms with E-state index in [1.807, 2.05) is 18.7 Å². The molecule has 1 amide bonds. The normalized spacial score (nSPS) is 17.9. The van der Waals surface area contributed by atoms with Crippen LogP contribution in [0.2, 0.25) is 0 Å². The molecule has 7 nitrogen and oxygen atoms in total. The van der Waals surface area contributed by atoms with Crippen LogP contribution in [0.1, 0.15) is 62.5 Å². The number of aryl methyl sites for hydroxylation is 1. The summed E-state index contributed by atoms with van der Waals surface area (Å²) in [5.41, 5.74) is 0.859. The molecule has 2 aromatic rings. The third kappa shape index (κ3) is 3.55. The van der Waals surface area contributed by atoms with Gasteiger partial charge in [-0.05, 0) is 12.8 Å². The molecule has 0 N–H and O–H groups in total. The smallest absolute Gasteiger partial charge is 0.223 e. The lowest BCUT2D eigenvalue weighted by molar-refractivity contribution is -0.132. The molecule has 1 atom stereocenters. The summed E-state index contributed by atoms with van der Waals surface area (Å²) in [5, 5.41) is 8.00. The number of hydrogen-bond donors (Lipinski definition) is 0. The number of carbonyl (C=O) groups is 1. The number of carbonyl (C=O) groups excluding carboxylic acids is 1. The molecule has 23 heavy (non-hydrogen) atoms. The van der Waals surface area contributed by atoms with Crippen molar-refractivity contribution in [1.82, 2.24) is 25.1 Å². The van der Waals surface area contributed by atoms with Crippen molar-refractivity contribution < 1.29 is 9.21 Å². The summed E-state index contributed by atoms with van der Waals surface area (Å²) in [6, 6.07) is 0.0325. The predicted molar refractivity (Wildman–Crippen MR) is 82.4 cm³/mol. The second-order valence-corrected chi connectivity index (χ2v) is 6.06. The Morgan fingerprint density at radius 1 is 1.39 bits per heavy atom. The Morgan fingerprint density at radius 3 is 2.96 bits per heavy atom. The van der Waals surface area contributed by atoms with Gasteiger partial charge >= 0.3 is 0 Å². The maximum atomic E-state index is 12.5. The molecule has 1 fully saturated rings. The summed E-state index contributed by atoms with van der Waals surface area (Å²) < 4.78 is 5.55. The fourth-order valence-electron chi connectivity index (χ4n) is 2.81. The standard InChI is InChI=1S/C16H21N5O2/c1-11(2)16-20-19-14(23-16)5-6-15(22)21-9-3-4-13(21)12-10-17-7-8-18-12/h7-8,10-11,13H,3-6,9H2,1-2H3/t13-/m0/s1. The van der Waals surface area contributed by atoms with E-state index in [2.05, 4.69) is 20.2 Å². The van der Waals surface area contributed by atoms with Crippen LogP contribution in [-0.2, 0) is 11.2 Å². The minimum atomic E-state index is 0.0325. The Balaban J connectivity index is 1.61. The van der Waals surface area contributed by atoms with Gasteiger partial charge in [-0.1, -0.05) is 13.8 Å². The Hall–Kier alpha value is -2.31. The highest BCUT2D eigenvalue weighted by molar-refractivity contribution is 5.77. The summed E-state index contributed by atoms with van der Waals surface area (Å²) in [6.45, 7) is 4.76. The van der Waals surface area contributed by atoms with E-state index in [0.29, 0.717) is 24.6 Å². The topological polar surface area (TPSA) is 85.0 Å². The second-order valence-electron chi connectivity index (χ2n) is 6.06. The van der Waals surface area contributed by atoms with Gasteiger partial charge in [-0.25, -0.2) is 0 Å². The number of likely N-dealkylation sites (tertiary alicyclic amines) is 1. The first-order chi connectivity index (χ1) is 11.1. The lowest BCUT2D eigenvalue weighted by Crippen LogP contribution is -2.31. The van der Waals surface area contributed by atoms with E-state index in [1.165, 1.54) is 0 Å². The van der Waals surface area contributed by atoms with Gasteiger partial charge in [-0.2, -0.15) is 0 Å². The van der Waals surface area contributed by atoms with Crippen molar-refractivity contribution >= 4 is 5.91 Å².